The lowest BCUT2D eigenvalue weighted by molar-refractivity contribution is -0.132. The van der Waals surface area contributed by atoms with E-state index < -0.39 is 5.92 Å². The number of nitrogens with zero attached hydrogens (tertiary/aromatic N) is 2. The van der Waals surface area contributed by atoms with Gasteiger partial charge in [-0.25, -0.2) is 0 Å². The molecule has 15 heavy (non-hydrogen) atoms. The maximum atomic E-state index is 11.9. The van der Waals surface area contributed by atoms with Gasteiger partial charge in [-0.3, -0.25) is 4.79 Å². The van der Waals surface area contributed by atoms with Gasteiger partial charge < -0.3 is 15.8 Å². The van der Waals surface area contributed by atoms with Crippen molar-refractivity contribution in [3.63, 3.8) is 0 Å². The topological polar surface area (TPSA) is 78.9 Å². The van der Waals surface area contributed by atoms with Gasteiger partial charge in [0.15, 0.2) is 5.84 Å². The van der Waals surface area contributed by atoms with Crippen LogP contribution in [0, 0.1) is 11.8 Å². The van der Waals surface area contributed by atoms with E-state index in [1.54, 1.807) is 11.9 Å². The fourth-order valence-electron chi connectivity index (χ4n) is 1.48. The highest BCUT2D eigenvalue weighted by Gasteiger charge is 2.24. The fraction of sp³-hybridized carbons (Fsp3) is 0.800. The number of oxime groups is 1. The average Bonchev–Trinajstić information content (AvgIpc) is 2.17. The Balaban J connectivity index is 4.52. The summed E-state index contributed by atoms with van der Waals surface area (Å²) in [6, 6.07) is 0. The molecule has 0 saturated heterocycles. The Labute approximate surface area is 90.9 Å². The van der Waals surface area contributed by atoms with Crippen molar-refractivity contribution in [3.8, 4) is 0 Å². The first kappa shape index (κ1) is 13.7. The third-order valence-corrected chi connectivity index (χ3v) is 2.19. The first-order valence-electron chi connectivity index (χ1n) is 5.16. The van der Waals surface area contributed by atoms with Gasteiger partial charge in [0, 0.05) is 13.6 Å². The highest BCUT2D eigenvalue weighted by molar-refractivity contribution is 6.01. The molecule has 0 radical (unpaired) electrons. The van der Waals surface area contributed by atoms with Crippen molar-refractivity contribution in [1.29, 1.82) is 0 Å². The van der Waals surface area contributed by atoms with Crippen molar-refractivity contribution < 1.29 is 10.0 Å². The third-order valence-electron chi connectivity index (χ3n) is 2.19. The average molecular weight is 215 g/mol. The zero-order chi connectivity index (χ0) is 12.0. The van der Waals surface area contributed by atoms with Crippen LogP contribution in [0.15, 0.2) is 5.16 Å². The molecule has 1 unspecified atom stereocenters. The van der Waals surface area contributed by atoms with E-state index in [2.05, 4.69) is 5.16 Å². The predicted octanol–water partition coefficient (Wildman–Crippen LogP) is 0.873. The van der Waals surface area contributed by atoms with Crippen molar-refractivity contribution in [1.82, 2.24) is 4.90 Å². The molecule has 1 amide bonds. The molecule has 0 saturated carbocycles. The molecule has 5 nitrogen and oxygen atoms in total. The highest BCUT2D eigenvalue weighted by atomic mass is 16.4. The number of amidine groups is 1. The summed E-state index contributed by atoms with van der Waals surface area (Å²) in [6.07, 6.45) is 0.539. The monoisotopic (exact) mass is 215 g/mol. The largest absolute Gasteiger partial charge is 0.409 e. The van der Waals surface area contributed by atoms with Crippen LogP contribution in [0.5, 0.6) is 0 Å². The summed E-state index contributed by atoms with van der Waals surface area (Å²) >= 11 is 0. The fourth-order valence-corrected chi connectivity index (χ4v) is 1.48. The Morgan fingerprint density at radius 3 is 2.40 bits per heavy atom. The van der Waals surface area contributed by atoms with Crippen molar-refractivity contribution in [3.05, 3.63) is 0 Å². The van der Waals surface area contributed by atoms with Crippen LogP contribution in [0.2, 0.25) is 0 Å². The number of carbonyl (C=O) groups excluding carboxylic acids is 1. The third kappa shape index (κ3) is 4.18. The summed E-state index contributed by atoms with van der Waals surface area (Å²) in [5, 5.41) is 11.4. The lowest BCUT2D eigenvalue weighted by atomic mass is 10.0. The lowest BCUT2D eigenvalue weighted by Crippen LogP contribution is -2.41. The Bertz CT molecular complexity index is 239. The van der Waals surface area contributed by atoms with Crippen LogP contribution in [-0.2, 0) is 4.79 Å². The lowest BCUT2D eigenvalue weighted by Gasteiger charge is -2.23. The first-order valence-corrected chi connectivity index (χ1v) is 5.16. The minimum absolute atomic E-state index is 0.0156. The number of carbonyl (C=O) groups is 1. The summed E-state index contributed by atoms with van der Waals surface area (Å²) in [5.41, 5.74) is 5.45. The van der Waals surface area contributed by atoms with Gasteiger partial charge in [0.05, 0.1) is 5.92 Å². The standard InChI is InChI=1S/C10H21N3O2/c1-5-8(9(11)12-15)10(14)13(4)6-7(2)3/h7-8,15H,5-6H2,1-4H3,(H2,11,12). The van der Waals surface area contributed by atoms with Crippen molar-refractivity contribution in [2.45, 2.75) is 27.2 Å². The molecule has 0 aliphatic rings. The second-order valence-electron chi connectivity index (χ2n) is 4.10. The van der Waals surface area contributed by atoms with Gasteiger partial charge in [-0.2, -0.15) is 0 Å². The maximum Gasteiger partial charge on any atom is 0.233 e. The summed E-state index contributed by atoms with van der Waals surface area (Å²) < 4.78 is 0. The maximum absolute atomic E-state index is 11.9. The normalized spacial score (nSPS) is 14.1. The van der Waals surface area contributed by atoms with E-state index in [0.29, 0.717) is 18.9 Å². The molecule has 0 aliphatic heterocycles. The Hall–Kier alpha value is -1.26. The van der Waals surface area contributed by atoms with Gasteiger partial charge in [-0.15, -0.1) is 0 Å². The summed E-state index contributed by atoms with van der Waals surface area (Å²) in [7, 11) is 1.73. The molecule has 5 heteroatoms. The molecular weight excluding hydrogens is 194 g/mol. The predicted molar refractivity (Wildman–Crippen MR) is 59.7 cm³/mol. The molecule has 0 aliphatic carbocycles. The zero-order valence-electron chi connectivity index (χ0n) is 9.90. The van der Waals surface area contributed by atoms with Crippen LogP contribution in [0.25, 0.3) is 0 Å². The Kier molecular flexibility index (Phi) is 5.74. The second-order valence-corrected chi connectivity index (χ2v) is 4.10. The molecule has 0 heterocycles. The zero-order valence-corrected chi connectivity index (χ0v) is 9.90. The number of hydrogen-bond donors (Lipinski definition) is 2. The number of rotatable bonds is 5. The minimum Gasteiger partial charge on any atom is -0.409 e. The van der Waals surface area contributed by atoms with Crippen molar-refractivity contribution in [2.75, 3.05) is 13.6 Å². The van der Waals surface area contributed by atoms with Gasteiger partial charge in [0.25, 0.3) is 0 Å². The molecule has 3 N–H and O–H groups in total. The van der Waals surface area contributed by atoms with Crippen LogP contribution < -0.4 is 5.73 Å². The van der Waals surface area contributed by atoms with Crippen molar-refractivity contribution in [2.24, 2.45) is 22.7 Å². The SMILES string of the molecule is CCC(C(=O)N(C)CC(C)C)C(N)=NO. The van der Waals surface area contributed by atoms with E-state index in [-0.39, 0.29) is 11.7 Å². The Morgan fingerprint density at radius 1 is 1.53 bits per heavy atom. The van der Waals surface area contributed by atoms with E-state index in [9.17, 15) is 4.79 Å². The van der Waals surface area contributed by atoms with Crippen LogP contribution in [0.3, 0.4) is 0 Å². The van der Waals surface area contributed by atoms with E-state index in [4.69, 9.17) is 10.9 Å². The molecule has 0 aromatic rings. The van der Waals surface area contributed by atoms with Gasteiger partial charge in [0.1, 0.15) is 0 Å². The van der Waals surface area contributed by atoms with Gasteiger partial charge in [-0.1, -0.05) is 25.9 Å². The van der Waals surface area contributed by atoms with Crippen LogP contribution >= 0.6 is 0 Å². The number of nitrogens with two attached hydrogens (primary N) is 1. The van der Waals surface area contributed by atoms with Gasteiger partial charge >= 0.3 is 0 Å². The molecule has 88 valence electrons. The number of amides is 1. The molecular formula is C10H21N3O2. The molecule has 0 fully saturated rings. The molecule has 0 aromatic carbocycles. The van der Waals surface area contributed by atoms with E-state index in [1.807, 2.05) is 20.8 Å². The quantitative estimate of drug-likeness (QED) is 0.309. The van der Waals surface area contributed by atoms with E-state index in [0.717, 1.165) is 0 Å². The molecule has 0 aromatic heterocycles. The minimum atomic E-state index is -0.515. The summed E-state index contributed by atoms with van der Waals surface area (Å²) in [5.74, 6) is -0.220. The first-order chi connectivity index (χ1) is 6.93. The Morgan fingerprint density at radius 2 is 2.07 bits per heavy atom. The highest BCUT2D eigenvalue weighted by Crippen LogP contribution is 2.08. The van der Waals surface area contributed by atoms with Gasteiger partial charge in [-0.05, 0) is 12.3 Å². The molecule has 1 atom stereocenters. The van der Waals surface area contributed by atoms with E-state index in [1.165, 1.54) is 0 Å². The summed E-state index contributed by atoms with van der Waals surface area (Å²) in [6.45, 7) is 6.58. The van der Waals surface area contributed by atoms with Crippen LogP contribution in [-0.4, -0.2) is 35.4 Å². The molecule has 0 bridgehead atoms. The van der Waals surface area contributed by atoms with Gasteiger partial charge in [0.2, 0.25) is 5.91 Å². The number of hydrogen-bond acceptors (Lipinski definition) is 3. The van der Waals surface area contributed by atoms with E-state index >= 15 is 0 Å². The second kappa shape index (κ2) is 6.27. The smallest absolute Gasteiger partial charge is 0.233 e. The molecule has 0 spiro atoms. The molecule has 0 rings (SSSR count). The van der Waals surface area contributed by atoms with Crippen LogP contribution in [0.4, 0.5) is 0 Å². The van der Waals surface area contributed by atoms with Crippen LogP contribution in [0.1, 0.15) is 27.2 Å². The summed E-state index contributed by atoms with van der Waals surface area (Å²) in [4.78, 5) is 13.5. The van der Waals surface area contributed by atoms with Crippen molar-refractivity contribution >= 4 is 11.7 Å².